The van der Waals surface area contributed by atoms with Crippen molar-refractivity contribution in [1.82, 2.24) is 4.90 Å². The third-order valence-corrected chi connectivity index (χ3v) is 10.4. The van der Waals surface area contributed by atoms with Crippen molar-refractivity contribution in [2.45, 2.75) is 116 Å². The Hall–Kier alpha value is -4.03. The van der Waals surface area contributed by atoms with Crippen LogP contribution in [0.4, 0.5) is 5.69 Å². The summed E-state index contributed by atoms with van der Waals surface area (Å²) < 4.78 is 41.4. The van der Waals surface area contributed by atoms with Crippen LogP contribution in [0, 0.1) is 5.92 Å². The van der Waals surface area contributed by atoms with Gasteiger partial charge in [0.25, 0.3) is 0 Å². The largest absolute Gasteiger partial charge is 0.463 e. The van der Waals surface area contributed by atoms with Crippen LogP contribution >= 0.6 is 12.2 Å². The highest BCUT2D eigenvalue weighted by molar-refractivity contribution is 7.80. The van der Waals surface area contributed by atoms with E-state index >= 15 is 0 Å². The summed E-state index contributed by atoms with van der Waals surface area (Å²) in [6, 6.07) is 15.2. The van der Waals surface area contributed by atoms with Crippen LogP contribution in [0.3, 0.4) is 0 Å². The van der Waals surface area contributed by atoms with Crippen LogP contribution in [0.1, 0.15) is 83.0 Å². The van der Waals surface area contributed by atoms with Gasteiger partial charge >= 0.3 is 23.9 Å². The maximum absolute atomic E-state index is 12.3. The average molecular weight is 801 g/mol. The molecule has 5 rings (SSSR count). The molecule has 0 aliphatic carbocycles. The van der Waals surface area contributed by atoms with Crippen LogP contribution in [0.15, 0.2) is 48.5 Å². The van der Waals surface area contributed by atoms with Gasteiger partial charge in [0.05, 0.1) is 30.4 Å². The van der Waals surface area contributed by atoms with E-state index in [-0.39, 0.29) is 55.4 Å². The van der Waals surface area contributed by atoms with Gasteiger partial charge in [-0.3, -0.25) is 24.1 Å². The molecular weight excluding hydrogens is 749 g/mol. The number of thiocarbonyl (C=S) groups is 1. The van der Waals surface area contributed by atoms with Gasteiger partial charge in [-0.25, -0.2) is 0 Å². The Morgan fingerprint density at radius 3 is 2.11 bits per heavy atom. The van der Waals surface area contributed by atoms with Crippen molar-refractivity contribution in [3.05, 3.63) is 65.2 Å². The number of nitrogens with zero attached hydrogens (tertiary/aromatic N) is 1. The van der Waals surface area contributed by atoms with Crippen molar-refractivity contribution in [3.63, 3.8) is 0 Å². The second-order valence-corrected chi connectivity index (χ2v) is 14.9. The molecule has 0 amide bonds. The van der Waals surface area contributed by atoms with Crippen molar-refractivity contribution in [3.8, 4) is 0 Å². The van der Waals surface area contributed by atoms with E-state index in [1.165, 1.54) is 13.8 Å². The fraction of sp³-hybridized carbons (Fsp3) is 0.575. The van der Waals surface area contributed by atoms with Crippen molar-refractivity contribution < 1.29 is 62.5 Å². The Morgan fingerprint density at radius 1 is 0.821 bits per heavy atom. The number of esters is 4. The average Bonchev–Trinajstić information content (AvgIpc) is 3.60. The van der Waals surface area contributed by atoms with Crippen LogP contribution in [-0.4, -0.2) is 113 Å². The minimum atomic E-state index is -1.30. The number of aliphatic hydroxyl groups excluding tert-OH is 2. The van der Waals surface area contributed by atoms with E-state index in [4.69, 9.17) is 45.4 Å². The molecule has 0 radical (unpaired) electrons. The number of hydrogen-bond donors (Lipinski definition) is 3. The zero-order chi connectivity index (χ0) is 40.5. The highest BCUT2D eigenvalue weighted by atomic mass is 32.1. The lowest BCUT2D eigenvalue weighted by Crippen LogP contribution is -2.62. The number of aliphatic hydroxyl groups is 2. The second-order valence-electron chi connectivity index (χ2n) is 14.4. The minimum absolute atomic E-state index is 0.0393. The molecule has 0 bridgehead atoms. The molecule has 3 aliphatic rings. The molecule has 1 unspecified atom stereocenters. The molecule has 16 heteroatoms. The number of anilines is 1. The Labute approximate surface area is 331 Å². The van der Waals surface area contributed by atoms with Crippen LogP contribution in [-0.2, 0) is 58.9 Å². The summed E-state index contributed by atoms with van der Waals surface area (Å²) in [6.07, 6.45) is -5.36. The van der Waals surface area contributed by atoms with Crippen molar-refractivity contribution in [2.24, 2.45) is 5.92 Å². The van der Waals surface area contributed by atoms with E-state index in [0.29, 0.717) is 12.2 Å². The van der Waals surface area contributed by atoms with Crippen LogP contribution in [0.5, 0.6) is 0 Å². The molecule has 3 aliphatic heterocycles. The molecule has 3 N–H and O–H groups in total. The second kappa shape index (κ2) is 19.9. The van der Waals surface area contributed by atoms with Gasteiger partial charge in [0.1, 0.15) is 18.8 Å². The van der Waals surface area contributed by atoms with Gasteiger partial charge in [-0.1, -0.05) is 55.5 Å². The summed E-state index contributed by atoms with van der Waals surface area (Å²) in [6.45, 7) is 7.97. The minimum Gasteiger partial charge on any atom is -0.463 e. The van der Waals surface area contributed by atoms with E-state index in [1.807, 2.05) is 48.5 Å². The molecule has 0 aromatic heterocycles. The van der Waals surface area contributed by atoms with Crippen molar-refractivity contribution in [1.29, 1.82) is 0 Å². The molecule has 3 saturated heterocycles. The van der Waals surface area contributed by atoms with Gasteiger partial charge < -0.3 is 48.7 Å². The molecule has 0 saturated carbocycles. The van der Waals surface area contributed by atoms with Gasteiger partial charge in [-0.15, -0.1) is 0 Å². The maximum Gasteiger partial charge on any atom is 0.303 e. The van der Waals surface area contributed by atoms with E-state index in [0.717, 1.165) is 49.9 Å². The number of nitrogens with one attached hydrogen (secondary N) is 1. The molecule has 3 fully saturated rings. The van der Waals surface area contributed by atoms with Gasteiger partial charge in [-0.2, -0.15) is 0 Å². The van der Waals surface area contributed by atoms with Gasteiger partial charge in [0.15, 0.2) is 24.6 Å². The number of rotatable bonds is 14. The van der Waals surface area contributed by atoms with Gasteiger partial charge in [0, 0.05) is 63.9 Å². The summed E-state index contributed by atoms with van der Waals surface area (Å²) >= 11 is 5.78. The van der Waals surface area contributed by atoms with Crippen LogP contribution < -0.4 is 5.32 Å². The third-order valence-electron chi connectivity index (χ3n) is 10.2. The smallest absolute Gasteiger partial charge is 0.303 e. The van der Waals surface area contributed by atoms with E-state index < -0.39 is 60.7 Å². The monoisotopic (exact) mass is 800 g/mol. The quantitative estimate of drug-likeness (QED) is 0.143. The highest BCUT2D eigenvalue weighted by Gasteiger charge is 2.52. The first kappa shape index (κ1) is 43.1. The summed E-state index contributed by atoms with van der Waals surface area (Å²) in [7, 11) is 0. The number of ether oxygens (including phenoxy) is 7. The Kier molecular flexibility index (Phi) is 15.3. The summed E-state index contributed by atoms with van der Waals surface area (Å²) in [5, 5.41) is 22.9. The molecule has 56 heavy (non-hydrogen) atoms. The fourth-order valence-corrected chi connectivity index (χ4v) is 7.82. The lowest BCUT2D eigenvalue weighted by atomic mass is 9.90. The number of benzene rings is 2. The van der Waals surface area contributed by atoms with Crippen molar-refractivity contribution in [2.75, 3.05) is 31.6 Å². The molecule has 2 aromatic carbocycles. The Bertz CT molecular complexity index is 1690. The lowest BCUT2D eigenvalue weighted by Gasteiger charge is -2.44. The fourth-order valence-electron chi connectivity index (χ4n) is 7.54. The normalized spacial score (nSPS) is 29.2. The Morgan fingerprint density at radius 2 is 1.48 bits per heavy atom. The zero-order valence-electron chi connectivity index (χ0n) is 32.3. The zero-order valence-corrected chi connectivity index (χ0v) is 33.1. The predicted molar refractivity (Wildman–Crippen MR) is 204 cm³/mol. The summed E-state index contributed by atoms with van der Waals surface area (Å²) in [4.78, 5) is 50.9. The molecule has 2 aromatic rings. The predicted octanol–water partition coefficient (Wildman–Crippen LogP) is 3.68. The number of carbonyl (C=O) groups excluding carboxylic acids is 4. The third kappa shape index (κ3) is 11.3. The van der Waals surface area contributed by atoms with E-state index in [1.54, 1.807) is 0 Å². The highest BCUT2D eigenvalue weighted by Crippen LogP contribution is 2.43. The molecule has 15 nitrogen and oxygen atoms in total. The maximum atomic E-state index is 12.3. The Balaban J connectivity index is 1.37. The topological polar surface area (TPSA) is 189 Å². The summed E-state index contributed by atoms with van der Waals surface area (Å²) in [5.74, 6) is -2.80. The van der Waals surface area contributed by atoms with Crippen LogP contribution in [0.25, 0.3) is 0 Å². The van der Waals surface area contributed by atoms with Gasteiger partial charge in [0.2, 0.25) is 0 Å². The van der Waals surface area contributed by atoms with E-state index in [9.17, 15) is 29.4 Å². The van der Waals surface area contributed by atoms with E-state index in [2.05, 4.69) is 17.1 Å². The number of likely N-dealkylation sites (tertiary alicyclic amines) is 1. The van der Waals surface area contributed by atoms with Gasteiger partial charge in [-0.05, 0) is 42.6 Å². The number of hydrogen-bond acceptors (Lipinski definition) is 15. The summed E-state index contributed by atoms with van der Waals surface area (Å²) in [5.41, 5.74) is 3.07. The SMILES string of the molecule is CC(=O)OC[C@H]1O[C@@H](CC(=S)Nc2cccc(C3O[C@H](CN4CCC[C@H]4CO)[C@H](C)[C@H](c4ccc(CO)cc4)O3)c2)[C@H](OC(C)=O)[C@@H](OC(C)=O)[C@@H]1OC(C)=O. The first-order valence-corrected chi connectivity index (χ1v) is 19.2. The molecular formula is C40H52N2O13S. The molecule has 0 spiro atoms. The molecule has 306 valence electrons. The lowest BCUT2D eigenvalue weighted by molar-refractivity contribution is -0.276. The standard InChI is InChI=1S/C40H52N2O13S/c1-22-33(18-42-15-7-10-31(42)20-44)54-40(55-36(22)28-13-11-27(19-43)12-14-28)29-8-6-9-30(16-29)41-35(56)17-32-37(50-24(3)46)39(52-26(5)48)38(51-25(4)47)34(53-32)21-49-23(2)45/h6,8-9,11-14,16,22,31-34,36-40,43-44H,7,10,15,17-21H2,1-5H3,(H,41,56)/t22-,31-,32-,33+,34+,36+,37-,38+,39+,40?/m0/s1. The van der Waals surface area contributed by atoms with Crippen LogP contribution in [0.2, 0.25) is 0 Å². The first-order chi connectivity index (χ1) is 26.8. The first-order valence-electron chi connectivity index (χ1n) is 18.8. The number of carbonyl (C=O) groups is 4. The molecule has 10 atom stereocenters. The molecule has 3 heterocycles. The van der Waals surface area contributed by atoms with Crippen molar-refractivity contribution >= 4 is 46.8 Å².